The summed E-state index contributed by atoms with van der Waals surface area (Å²) in [5.74, 6) is 0.365. The highest BCUT2D eigenvalue weighted by Gasteiger charge is 2.20. The zero-order chi connectivity index (χ0) is 13.1. The number of carbonyl (C=O) groups is 1. The average molecular weight is 248 g/mol. The lowest BCUT2D eigenvalue weighted by molar-refractivity contribution is 0.0697. The van der Waals surface area contributed by atoms with Gasteiger partial charge in [-0.3, -0.25) is 0 Å². The van der Waals surface area contributed by atoms with Crippen LogP contribution >= 0.6 is 0 Å². The first-order valence-electron chi connectivity index (χ1n) is 6.50. The molecule has 1 aromatic heterocycles. The molecule has 0 radical (unpaired) electrons. The van der Waals surface area contributed by atoms with Crippen molar-refractivity contribution in [3.63, 3.8) is 0 Å². The second-order valence-electron chi connectivity index (χ2n) is 5.16. The molecule has 0 saturated heterocycles. The third-order valence-corrected chi connectivity index (χ3v) is 3.61. The lowest BCUT2D eigenvalue weighted by Gasteiger charge is -2.23. The van der Waals surface area contributed by atoms with E-state index in [-0.39, 0.29) is 0 Å². The quantitative estimate of drug-likeness (QED) is 0.890. The number of aryl methyl sites for hydroxylation is 1. The maximum absolute atomic E-state index is 11.2. The zero-order valence-corrected chi connectivity index (χ0v) is 11.0. The number of hydrogen-bond donors (Lipinski definition) is 1. The Kier molecular flexibility index (Phi) is 3.84. The normalized spacial score (nSPS) is 15.9. The van der Waals surface area contributed by atoms with Crippen molar-refractivity contribution in [2.75, 3.05) is 18.5 Å². The van der Waals surface area contributed by atoms with Gasteiger partial charge in [0.1, 0.15) is 11.4 Å². The Bertz CT molecular complexity index is 439. The summed E-state index contributed by atoms with van der Waals surface area (Å²) in [6.07, 6.45) is 5.09. The van der Waals surface area contributed by atoms with Crippen molar-refractivity contribution in [3.8, 4) is 0 Å². The van der Waals surface area contributed by atoms with E-state index in [1.54, 1.807) is 12.1 Å². The van der Waals surface area contributed by atoms with Crippen LogP contribution in [0, 0.1) is 12.8 Å². The third-order valence-electron chi connectivity index (χ3n) is 3.61. The van der Waals surface area contributed by atoms with Crippen LogP contribution in [0.3, 0.4) is 0 Å². The highest BCUT2D eigenvalue weighted by atomic mass is 16.4. The number of aromatic carboxylic acids is 1. The molecule has 0 unspecified atom stereocenters. The van der Waals surface area contributed by atoms with E-state index in [1.807, 2.05) is 18.9 Å². The molecule has 1 heterocycles. The monoisotopic (exact) mass is 248 g/mol. The van der Waals surface area contributed by atoms with E-state index in [9.17, 15) is 9.90 Å². The van der Waals surface area contributed by atoms with Crippen LogP contribution in [0.4, 0.5) is 5.82 Å². The van der Waals surface area contributed by atoms with Gasteiger partial charge < -0.3 is 10.0 Å². The molecule has 4 nitrogen and oxygen atoms in total. The first-order valence-corrected chi connectivity index (χ1v) is 6.50. The first-order chi connectivity index (χ1) is 8.58. The Morgan fingerprint density at radius 2 is 2.11 bits per heavy atom. The van der Waals surface area contributed by atoms with Gasteiger partial charge >= 0.3 is 5.97 Å². The van der Waals surface area contributed by atoms with Crippen LogP contribution in [0.25, 0.3) is 0 Å². The van der Waals surface area contributed by atoms with Crippen molar-refractivity contribution in [2.24, 2.45) is 5.92 Å². The summed E-state index contributed by atoms with van der Waals surface area (Å²) in [5, 5.41) is 9.20. The van der Waals surface area contributed by atoms with Crippen molar-refractivity contribution >= 4 is 11.8 Å². The van der Waals surface area contributed by atoms with Crippen molar-refractivity contribution in [1.82, 2.24) is 4.98 Å². The van der Waals surface area contributed by atoms with Gasteiger partial charge in [0.05, 0.1) is 0 Å². The average Bonchev–Trinajstić information content (AvgIpc) is 2.81. The van der Waals surface area contributed by atoms with Crippen LogP contribution in [0.1, 0.15) is 41.7 Å². The second-order valence-corrected chi connectivity index (χ2v) is 5.16. The zero-order valence-electron chi connectivity index (χ0n) is 11.0. The Labute approximate surface area is 108 Å². The van der Waals surface area contributed by atoms with Gasteiger partial charge in [0.2, 0.25) is 0 Å². The van der Waals surface area contributed by atoms with Crippen molar-refractivity contribution < 1.29 is 9.90 Å². The van der Waals surface area contributed by atoms with Gasteiger partial charge in [-0.05, 0) is 37.8 Å². The molecule has 1 N–H and O–H groups in total. The molecule has 0 amide bonds. The molecule has 98 valence electrons. The Balaban J connectivity index is 2.19. The summed E-state index contributed by atoms with van der Waals surface area (Å²) in [7, 11) is 1.94. The summed E-state index contributed by atoms with van der Waals surface area (Å²) >= 11 is 0. The molecule has 18 heavy (non-hydrogen) atoms. The molecule has 1 aliphatic rings. The molecule has 1 aromatic rings. The fraction of sp³-hybridized carbons (Fsp3) is 0.571. The molecule has 0 atom stereocenters. The standard InChI is InChI=1S/C14H20N2O2/c1-10-7-8-12(14(17)18)13(15-10)16(2)9-11-5-3-4-6-11/h7-8,11H,3-6,9H2,1-2H3,(H,17,18). The highest BCUT2D eigenvalue weighted by Crippen LogP contribution is 2.27. The van der Waals surface area contributed by atoms with Crippen LogP contribution in [-0.2, 0) is 0 Å². The van der Waals surface area contributed by atoms with Crippen LogP contribution in [-0.4, -0.2) is 29.7 Å². The van der Waals surface area contributed by atoms with Crippen LogP contribution in [0.15, 0.2) is 12.1 Å². The predicted molar refractivity (Wildman–Crippen MR) is 71.2 cm³/mol. The smallest absolute Gasteiger partial charge is 0.339 e. The first kappa shape index (κ1) is 12.9. The topological polar surface area (TPSA) is 53.4 Å². The number of anilines is 1. The number of carboxylic acid groups (broad SMARTS) is 1. The predicted octanol–water partition coefficient (Wildman–Crippen LogP) is 2.71. The molecule has 0 spiro atoms. The molecule has 1 fully saturated rings. The SMILES string of the molecule is Cc1ccc(C(=O)O)c(N(C)CC2CCCC2)n1. The van der Waals surface area contributed by atoms with Gasteiger partial charge in [-0.15, -0.1) is 0 Å². The number of aromatic nitrogens is 1. The number of carboxylic acids is 1. The molecule has 1 aliphatic carbocycles. The van der Waals surface area contributed by atoms with Gasteiger partial charge in [-0.25, -0.2) is 9.78 Å². The maximum atomic E-state index is 11.2. The van der Waals surface area contributed by atoms with Gasteiger partial charge in [0.25, 0.3) is 0 Å². The summed E-state index contributed by atoms with van der Waals surface area (Å²) in [6, 6.07) is 3.39. The molecular formula is C14H20N2O2. The van der Waals surface area contributed by atoms with Gasteiger partial charge in [0.15, 0.2) is 0 Å². The minimum absolute atomic E-state index is 0.293. The fourth-order valence-electron chi connectivity index (χ4n) is 2.67. The summed E-state index contributed by atoms with van der Waals surface area (Å²) < 4.78 is 0. The molecule has 1 saturated carbocycles. The van der Waals surface area contributed by atoms with Crippen LogP contribution in [0.2, 0.25) is 0 Å². The number of rotatable bonds is 4. The number of pyridine rings is 1. The minimum atomic E-state index is -0.907. The Morgan fingerprint density at radius 1 is 1.44 bits per heavy atom. The van der Waals surface area contributed by atoms with E-state index in [2.05, 4.69) is 4.98 Å². The van der Waals surface area contributed by atoms with Gasteiger partial charge in [-0.1, -0.05) is 12.8 Å². The Hall–Kier alpha value is -1.58. The van der Waals surface area contributed by atoms with E-state index in [0.717, 1.165) is 12.2 Å². The van der Waals surface area contributed by atoms with Gasteiger partial charge in [0, 0.05) is 19.3 Å². The molecule has 0 aromatic carbocycles. The van der Waals surface area contributed by atoms with Crippen molar-refractivity contribution in [2.45, 2.75) is 32.6 Å². The van der Waals surface area contributed by atoms with E-state index in [4.69, 9.17) is 0 Å². The van der Waals surface area contributed by atoms with E-state index < -0.39 is 5.97 Å². The number of hydrogen-bond acceptors (Lipinski definition) is 3. The Morgan fingerprint density at radius 3 is 2.72 bits per heavy atom. The minimum Gasteiger partial charge on any atom is -0.478 e. The van der Waals surface area contributed by atoms with Crippen LogP contribution in [0.5, 0.6) is 0 Å². The second kappa shape index (κ2) is 5.38. The molecular weight excluding hydrogens is 228 g/mol. The van der Waals surface area contributed by atoms with E-state index >= 15 is 0 Å². The summed E-state index contributed by atoms with van der Waals surface area (Å²) in [5.41, 5.74) is 1.15. The maximum Gasteiger partial charge on any atom is 0.339 e. The number of nitrogens with zero attached hydrogens (tertiary/aromatic N) is 2. The van der Waals surface area contributed by atoms with E-state index in [0.29, 0.717) is 17.3 Å². The fourth-order valence-corrected chi connectivity index (χ4v) is 2.67. The van der Waals surface area contributed by atoms with E-state index in [1.165, 1.54) is 25.7 Å². The largest absolute Gasteiger partial charge is 0.478 e. The lowest BCUT2D eigenvalue weighted by Crippen LogP contribution is -2.27. The van der Waals surface area contributed by atoms with Crippen molar-refractivity contribution in [3.05, 3.63) is 23.4 Å². The summed E-state index contributed by atoms with van der Waals surface area (Å²) in [4.78, 5) is 17.6. The molecule has 0 bridgehead atoms. The molecule has 0 aliphatic heterocycles. The lowest BCUT2D eigenvalue weighted by atomic mass is 10.1. The highest BCUT2D eigenvalue weighted by molar-refractivity contribution is 5.93. The van der Waals surface area contributed by atoms with Crippen molar-refractivity contribution in [1.29, 1.82) is 0 Å². The third kappa shape index (κ3) is 2.81. The molecule has 4 heteroatoms. The van der Waals surface area contributed by atoms with Gasteiger partial charge in [-0.2, -0.15) is 0 Å². The molecule has 2 rings (SSSR count). The van der Waals surface area contributed by atoms with Crippen LogP contribution < -0.4 is 4.90 Å². The summed E-state index contributed by atoms with van der Waals surface area (Å²) in [6.45, 7) is 2.79.